The second kappa shape index (κ2) is 4.96. The Kier molecular flexibility index (Phi) is 3.75. The fourth-order valence-corrected chi connectivity index (χ4v) is 3.68. The van der Waals surface area contributed by atoms with Gasteiger partial charge in [-0.3, -0.25) is 0 Å². The molecule has 4 nitrogen and oxygen atoms in total. The van der Waals surface area contributed by atoms with Gasteiger partial charge in [0.2, 0.25) is 10.0 Å². The molecule has 0 amide bonds. The Morgan fingerprint density at radius 3 is 2.65 bits per heavy atom. The van der Waals surface area contributed by atoms with Crippen molar-refractivity contribution in [1.82, 2.24) is 4.72 Å². The molecule has 1 aromatic rings. The van der Waals surface area contributed by atoms with E-state index in [1.807, 2.05) is 0 Å². The number of hydrogen-bond donors (Lipinski definition) is 1. The van der Waals surface area contributed by atoms with E-state index in [2.05, 4.69) is 20.7 Å². The fraction of sp³-hybridized carbons (Fsp3) is 0.455. The van der Waals surface area contributed by atoms with Crippen LogP contribution in [-0.2, 0) is 10.0 Å². The number of methoxy groups -OCH3 is 1. The number of benzene rings is 1. The molecule has 0 heterocycles. The van der Waals surface area contributed by atoms with Crippen LogP contribution in [0.25, 0.3) is 0 Å². The van der Waals surface area contributed by atoms with Gasteiger partial charge in [-0.05, 0) is 31.0 Å². The molecular weight excluding hydrogens is 306 g/mol. The predicted molar refractivity (Wildman–Crippen MR) is 68.7 cm³/mol. The minimum Gasteiger partial charge on any atom is -0.495 e. The largest absolute Gasteiger partial charge is 0.495 e. The molecule has 0 saturated heterocycles. The molecule has 17 heavy (non-hydrogen) atoms. The highest BCUT2D eigenvalue weighted by molar-refractivity contribution is 9.10. The summed E-state index contributed by atoms with van der Waals surface area (Å²) in [7, 11) is -2.03. The quantitative estimate of drug-likeness (QED) is 0.926. The highest BCUT2D eigenvalue weighted by atomic mass is 79.9. The number of hydrogen-bond acceptors (Lipinski definition) is 3. The molecule has 6 heteroatoms. The Bertz CT molecular complexity index is 511. The number of ether oxygens (including phenoxy) is 1. The molecule has 1 aliphatic carbocycles. The number of sulfonamides is 1. The lowest BCUT2D eigenvalue weighted by Crippen LogP contribution is -2.39. The maximum Gasteiger partial charge on any atom is 0.244 e. The first-order chi connectivity index (χ1) is 8.03. The van der Waals surface area contributed by atoms with Crippen molar-refractivity contribution in [3.63, 3.8) is 0 Å². The molecule has 0 bridgehead atoms. The van der Waals surface area contributed by atoms with Gasteiger partial charge in [-0.15, -0.1) is 0 Å². The van der Waals surface area contributed by atoms with Crippen LogP contribution < -0.4 is 9.46 Å². The summed E-state index contributed by atoms with van der Waals surface area (Å²) >= 11 is 3.27. The fourth-order valence-electron chi connectivity index (χ4n) is 1.67. The minimum atomic E-state index is -3.49. The van der Waals surface area contributed by atoms with E-state index in [0.29, 0.717) is 10.2 Å². The molecule has 2 rings (SSSR count). The van der Waals surface area contributed by atoms with Crippen LogP contribution in [0.3, 0.4) is 0 Å². The first-order valence-electron chi connectivity index (χ1n) is 5.39. The van der Waals surface area contributed by atoms with Gasteiger partial charge in [-0.1, -0.05) is 22.4 Å². The summed E-state index contributed by atoms with van der Waals surface area (Å²) in [6.45, 7) is 0. The van der Waals surface area contributed by atoms with Crippen LogP contribution in [0.4, 0.5) is 0 Å². The highest BCUT2D eigenvalue weighted by Crippen LogP contribution is 2.29. The lowest BCUT2D eigenvalue weighted by atomic mass is 9.94. The molecule has 94 valence electrons. The van der Waals surface area contributed by atoms with Crippen molar-refractivity contribution in [3.05, 3.63) is 22.7 Å². The third-order valence-corrected chi connectivity index (χ3v) is 4.88. The maximum absolute atomic E-state index is 12.2. The van der Waals surface area contributed by atoms with E-state index in [1.54, 1.807) is 18.2 Å². The monoisotopic (exact) mass is 319 g/mol. The molecule has 0 atom stereocenters. The van der Waals surface area contributed by atoms with E-state index >= 15 is 0 Å². The third kappa shape index (κ3) is 2.81. The SMILES string of the molecule is COc1ccc(Br)cc1S(=O)(=O)NC1CCC1. The van der Waals surface area contributed by atoms with Crippen molar-refractivity contribution in [2.24, 2.45) is 0 Å². The first kappa shape index (κ1) is 12.9. The lowest BCUT2D eigenvalue weighted by Gasteiger charge is -2.26. The molecule has 0 radical (unpaired) electrons. The van der Waals surface area contributed by atoms with Gasteiger partial charge < -0.3 is 4.74 Å². The Morgan fingerprint density at radius 1 is 1.41 bits per heavy atom. The van der Waals surface area contributed by atoms with Crippen LogP contribution in [0.15, 0.2) is 27.6 Å². The van der Waals surface area contributed by atoms with Crippen molar-refractivity contribution in [3.8, 4) is 5.75 Å². The first-order valence-corrected chi connectivity index (χ1v) is 7.66. The summed E-state index contributed by atoms with van der Waals surface area (Å²) in [4.78, 5) is 0.182. The Morgan fingerprint density at radius 2 is 2.12 bits per heavy atom. The van der Waals surface area contributed by atoms with Gasteiger partial charge in [0.25, 0.3) is 0 Å². The van der Waals surface area contributed by atoms with Crippen LogP contribution in [0.1, 0.15) is 19.3 Å². The van der Waals surface area contributed by atoms with Crippen LogP contribution in [0.2, 0.25) is 0 Å². The summed E-state index contributed by atoms with van der Waals surface area (Å²) in [5.41, 5.74) is 0. The van der Waals surface area contributed by atoms with Crippen LogP contribution in [-0.4, -0.2) is 21.6 Å². The van der Waals surface area contributed by atoms with Gasteiger partial charge in [-0.25, -0.2) is 13.1 Å². The summed E-state index contributed by atoms with van der Waals surface area (Å²) in [5.74, 6) is 0.361. The smallest absolute Gasteiger partial charge is 0.244 e. The van der Waals surface area contributed by atoms with Crippen LogP contribution in [0.5, 0.6) is 5.75 Å². The molecular formula is C11H14BrNO3S. The summed E-state index contributed by atoms with van der Waals surface area (Å²) in [6.07, 6.45) is 2.91. The summed E-state index contributed by atoms with van der Waals surface area (Å²) in [6, 6.07) is 5.02. The van der Waals surface area contributed by atoms with Crippen molar-refractivity contribution < 1.29 is 13.2 Å². The van der Waals surface area contributed by atoms with Gasteiger partial charge in [0.05, 0.1) is 7.11 Å². The summed E-state index contributed by atoms with van der Waals surface area (Å²) in [5, 5.41) is 0. The van der Waals surface area contributed by atoms with Gasteiger partial charge in [-0.2, -0.15) is 0 Å². The zero-order valence-corrected chi connectivity index (χ0v) is 11.8. The molecule has 1 N–H and O–H groups in total. The zero-order chi connectivity index (χ0) is 12.5. The molecule has 1 saturated carbocycles. The normalized spacial score (nSPS) is 16.6. The second-order valence-corrected chi connectivity index (χ2v) is 6.64. The summed E-state index contributed by atoms with van der Waals surface area (Å²) < 4.78 is 32.8. The minimum absolute atomic E-state index is 0.0729. The van der Waals surface area contributed by atoms with E-state index < -0.39 is 10.0 Å². The van der Waals surface area contributed by atoms with Crippen molar-refractivity contribution in [2.75, 3.05) is 7.11 Å². The topological polar surface area (TPSA) is 55.4 Å². The van der Waals surface area contributed by atoms with E-state index in [4.69, 9.17) is 4.74 Å². The Hall–Kier alpha value is -0.590. The van der Waals surface area contributed by atoms with E-state index in [0.717, 1.165) is 19.3 Å². The number of rotatable bonds is 4. The zero-order valence-electron chi connectivity index (χ0n) is 9.44. The molecule has 0 aromatic heterocycles. The average molecular weight is 320 g/mol. The molecule has 1 fully saturated rings. The maximum atomic E-state index is 12.2. The van der Waals surface area contributed by atoms with E-state index in [-0.39, 0.29) is 10.9 Å². The number of nitrogens with one attached hydrogen (secondary N) is 1. The Labute approximate surface area is 110 Å². The van der Waals surface area contributed by atoms with Crippen LogP contribution >= 0.6 is 15.9 Å². The Balaban J connectivity index is 2.33. The van der Waals surface area contributed by atoms with Crippen molar-refractivity contribution >= 4 is 26.0 Å². The van der Waals surface area contributed by atoms with Crippen molar-refractivity contribution in [1.29, 1.82) is 0 Å². The lowest BCUT2D eigenvalue weighted by molar-refractivity contribution is 0.379. The van der Waals surface area contributed by atoms with Gasteiger partial charge >= 0.3 is 0 Å². The molecule has 0 unspecified atom stereocenters. The van der Waals surface area contributed by atoms with E-state index in [9.17, 15) is 8.42 Å². The van der Waals surface area contributed by atoms with Gasteiger partial charge in [0.1, 0.15) is 10.6 Å². The third-order valence-electron chi connectivity index (χ3n) is 2.84. The number of halogens is 1. The molecule has 0 aliphatic heterocycles. The molecule has 0 spiro atoms. The molecule has 1 aromatic carbocycles. The standard InChI is InChI=1S/C11H14BrNO3S/c1-16-10-6-5-8(12)7-11(10)17(14,15)13-9-3-2-4-9/h5-7,9,13H,2-4H2,1H3. The van der Waals surface area contributed by atoms with Crippen LogP contribution in [0, 0.1) is 0 Å². The predicted octanol–water partition coefficient (Wildman–Crippen LogP) is 2.29. The second-order valence-electron chi connectivity index (χ2n) is 4.04. The highest BCUT2D eigenvalue weighted by Gasteiger charge is 2.27. The average Bonchev–Trinajstić information content (AvgIpc) is 2.24. The molecule has 1 aliphatic rings. The van der Waals surface area contributed by atoms with Crippen molar-refractivity contribution in [2.45, 2.75) is 30.2 Å². The van der Waals surface area contributed by atoms with Gasteiger partial charge in [0.15, 0.2) is 0 Å². The van der Waals surface area contributed by atoms with E-state index in [1.165, 1.54) is 7.11 Å². The van der Waals surface area contributed by atoms with Gasteiger partial charge in [0, 0.05) is 10.5 Å².